The molecule has 114 valence electrons. The number of carboxylic acid groups (broad SMARTS) is 2. The first-order valence-corrected chi connectivity index (χ1v) is 5.98. The Morgan fingerprint density at radius 1 is 1.29 bits per heavy atom. The third kappa shape index (κ3) is 4.37. The number of benzene rings is 1. The van der Waals surface area contributed by atoms with Crippen LogP contribution in [0.3, 0.4) is 0 Å². The van der Waals surface area contributed by atoms with E-state index >= 15 is 0 Å². The molecule has 0 saturated heterocycles. The molecule has 0 aliphatic rings. The number of aliphatic carboxylic acids is 2. The van der Waals surface area contributed by atoms with Gasteiger partial charge in [0.25, 0.3) is 0 Å². The molecular formula is C13H16N2O6. The molecule has 21 heavy (non-hydrogen) atoms. The molecule has 1 aromatic carbocycles. The third-order valence-corrected chi connectivity index (χ3v) is 2.73. The van der Waals surface area contributed by atoms with Crippen molar-refractivity contribution >= 4 is 23.7 Å². The smallest absolute Gasteiger partial charge is 0.326 e. The van der Waals surface area contributed by atoms with E-state index in [1.54, 1.807) is 24.3 Å². The van der Waals surface area contributed by atoms with Crippen LogP contribution in [0.5, 0.6) is 5.75 Å². The monoisotopic (exact) mass is 296 g/mol. The number of carboxylic acids is 2. The van der Waals surface area contributed by atoms with Crippen molar-refractivity contribution in [3.8, 4) is 5.75 Å². The first-order valence-electron chi connectivity index (χ1n) is 5.98. The standard InChI is InChI=1S/C13H16N2O6/c1-15(9-5-3-4-6-10(9)21-2)13(20)14-8(12(18)19)7-11(16)17/h3-6,8H,7H2,1-2H3,(H,14,20)(H,16,17)(H,18,19). The number of hydrogen-bond donors (Lipinski definition) is 3. The number of urea groups is 1. The summed E-state index contributed by atoms with van der Waals surface area (Å²) in [5, 5.41) is 19.7. The first kappa shape index (κ1) is 16.3. The van der Waals surface area contributed by atoms with Crippen molar-refractivity contribution in [2.75, 3.05) is 19.1 Å². The zero-order valence-electron chi connectivity index (χ0n) is 11.6. The van der Waals surface area contributed by atoms with E-state index in [9.17, 15) is 14.4 Å². The van der Waals surface area contributed by atoms with E-state index in [-0.39, 0.29) is 0 Å². The Kier molecular flexibility index (Phi) is 5.53. The fourth-order valence-corrected chi connectivity index (χ4v) is 1.64. The number of nitrogens with one attached hydrogen (secondary N) is 1. The van der Waals surface area contributed by atoms with Crippen LogP contribution in [0, 0.1) is 0 Å². The van der Waals surface area contributed by atoms with Crippen LogP contribution in [0.15, 0.2) is 24.3 Å². The summed E-state index contributed by atoms with van der Waals surface area (Å²) in [6.07, 6.45) is -0.708. The number of carbonyl (C=O) groups excluding carboxylic acids is 1. The van der Waals surface area contributed by atoms with Crippen LogP contribution in [-0.2, 0) is 9.59 Å². The molecule has 1 rings (SSSR count). The van der Waals surface area contributed by atoms with Gasteiger partial charge in [0.1, 0.15) is 11.8 Å². The van der Waals surface area contributed by atoms with Crippen LogP contribution in [0.2, 0.25) is 0 Å². The van der Waals surface area contributed by atoms with Gasteiger partial charge in [0, 0.05) is 7.05 Å². The van der Waals surface area contributed by atoms with Gasteiger partial charge in [-0.25, -0.2) is 9.59 Å². The summed E-state index contributed by atoms with van der Waals surface area (Å²) in [5.41, 5.74) is 0.428. The van der Waals surface area contributed by atoms with Crippen molar-refractivity contribution in [1.29, 1.82) is 0 Å². The van der Waals surface area contributed by atoms with Crippen molar-refractivity contribution in [2.24, 2.45) is 0 Å². The molecule has 8 nitrogen and oxygen atoms in total. The number of anilines is 1. The zero-order chi connectivity index (χ0) is 16.0. The van der Waals surface area contributed by atoms with Crippen LogP contribution in [-0.4, -0.2) is 48.4 Å². The van der Waals surface area contributed by atoms with Gasteiger partial charge in [0.15, 0.2) is 0 Å². The highest BCUT2D eigenvalue weighted by molar-refractivity contribution is 5.96. The molecule has 0 aliphatic carbocycles. The second-order valence-corrected chi connectivity index (χ2v) is 4.17. The Hall–Kier alpha value is -2.77. The van der Waals surface area contributed by atoms with Gasteiger partial charge in [0.2, 0.25) is 0 Å². The Morgan fingerprint density at radius 2 is 1.90 bits per heavy atom. The predicted molar refractivity (Wildman–Crippen MR) is 73.6 cm³/mol. The van der Waals surface area contributed by atoms with Gasteiger partial charge in [-0.2, -0.15) is 0 Å². The number of hydrogen-bond acceptors (Lipinski definition) is 4. The van der Waals surface area contributed by atoms with Crippen LogP contribution >= 0.6 is 0 Å². The summed E-state index contributed by atoms with van der Waals surface area (Å²) in [6, 6.07) is 4.42. The summed E-state index contributed by atoms with van der Waals surface area (Å²) in [6.45, 7) is 0. The molecule has 0 bridgehead atoms. The van der Waals surface area contributed by atoms with Gasteiger partial charge < -0.3 is 20.3 Å². The number of rotatable bonds is 6. The van der Waals surface area contributed by atoms with Gasteiger partial charge in [-0.05, 0) is 12.1 Å². The number of amides is 2. The van der Waals surface area contributed by atoms with Crippen LogP contribution in [0.1, 0.15) is 6.42 Å². The maximum absolute atomic E-state index is 12.0. The van der Waals surface area contributed by atoms with Crippen LogP contribution in [0.4, 0.5) is 10.5 Å². The highest BCUT2D eigenvalue weighted by atomic mass is 16.5. The fourth-order valence-electron chi connectivity index (χ4n) is 1.64. The SMILES string of the molecule is COc1ccccc1N(C)C(=O)NC(CC(=O)O)C(=O)O. The van der Waals surface area contributed by atoms with Crippen LogP contribution < -0.4 is 15.0 Å². The molecule has 0 aliphatic heterocycles. The average Bonchev–Trinajstić information content (AvgIpc) is 2.45. The number of para-hydroxylation sites is 2. The van der Waals surface area contributed by atoms with Crippen molar-refractivity contribution in [3.63, 3.8) is 0 Å². The Bertz CT molecular complexity index is 545. The van der Waals surface area contributed by atoms with Crippen molar-refractivity contribution < 1.29 is 29.3 Å². The van der Waals surface area contributed by atoms with E-state index in [4.69, 9.17) is 14.9 Å². The number of nitrogens with zero attached hydrogens (tertiary/aromatic N) is 1. The topological polar surface area (TPSA) is 116 Å². The third-order valence-electron chi connectivity index (χ3n) is 2.73. The quantitative estimate of drug-likeness (QED) is 0.714. The molecule has 2 amide bonds. The number of ether oxygens (including phenoxy) is 1. The van der Waals surface area contributed by atoms with E-state index in [0.29, 0.717) is 11.4 Å². The fraction of sp³-hybridized carbons (Fsp3) is 0.308. The lowest BCUT2D eigenvalue weighted by atomic mass is 10.2. The van der Waals surface area contributed by atoms with Crippen molar-refractivity contribution in [1.82, 2.24) is 5.32 Å². The Labute approximate surface area is 120 Å². The molecule has 0 aromatic heterocycles. The highest BCUT2D eigenvalue weighted by Crippen LogP contribution is 2.26. The van der Waals surface area contributed by atoms with E-state index in [1.807, 2.05) is 0 Å². The molecule has 1 atom stereocenters. The molecule has 1 aromatic rings. The molecule has 1 unspecified atom stereocenters. The minimum Gasteiger partial charge on any atom is -0.495 e. The highest BCUT2D eigenvalue weighted by Gasteiger charge is 2.25. The van der Waals surface area contributed by atoms with Crippen molar-refractivity contribution in [2.45, 2.75) is 12.5 Å². The predicted octanol–water partition coefficient (Wildman–Crippen LogP) is 0.769. The summed E-state index contributed by atoms with van der Waals surface area (Å²) in [7, 11) is 2.86. The van der Waals surface area contributed by atoms with E-state index in [1.165, 1.54) is 14.2 Å². The Balaban J connectivity index is 2.86. The second-order valence-electron chi connectivity index (χ2n) is 4.17. The molecule has 0 spiro atoms. The van der Waals surface area contributed by atoms with Crippen molar-refractivity contribution in [3.05, 3.63) is 24.3 Å². The lowest BCUT2D eigenvalue weighted by molar-refractivity contribution is -0.145. The molecule has 3 N–H and O–H groups in total. The minimum atomic E-state index is -1.51. The minimum absolute atomic E-state index is 0.428. The zero-order valence-corrected chi connectivity index (χ0v) is 11.6. The summed E-state index contributed by atoms with van der Waals surface area (Å²) in [5.74, 6) is -2.30. The van der Waals surface area contributed by atoms with Gasteiger partial charge >= 0.3 is 18.0 Å². The number of carbonyl (C=O) groups is 3. The summed E-state index contributed by atoms with van der Waals surface area (Å²) >= 11 is 0. The average molecular weight is 296 g/mol. The summed E-state index contributed by atoms with van der Waals surface area (Å²) < 4.78 is 5.10. The molecule has 0 saturated carbocycles. The van der Waals surface area contributed by atoms with E-state index in [2.05, 4.69) is 5.32 Å². The molecule has 0 heterocycles. The van der Waals surface area contributed by atoms with Gasteiger partial charge in [-0.3, -0.25) is 9.69 Å². The second kappa shape index (κ2) is 7.13. The maximum Gasteiger partial charge on any atom is 0.326 e. The van der Waals surface area contributed by atoms with Gasteiger partial charge in [-0.1, -0.05) is 12.1 Å². The molecule has 0 fully saturated rings. The number of methoxy groups -OCH3 is 1. The molecule has 0 radical (unpaired) electrons. The lowest BCUT2D eigenvalue weighted by Gasteiger charge is -2.22. The van der Waals surface area contributed by atoms with E-state index < -0.39 is 30.4 Å². The normalized spacial score (nSPS) is 11.3. The summed E-state index contributed by atoms with van der Waals surface area (Å²) in [4.78, 5) is 34.7. The first-order chi connectivity index (χ1) is 9.86. The maximum atomic E-state index is 12.0. The van der Waals surface area contributed by atoms with Gasteiger partial charge in [-0.15, -0.1) is 0 Å². The largest absolute Gasteiger partial charge is 0.495 e. The Morgan fingerprint density at radius 3 is 2.43 bits per heavy atom. The lowest BCUT2D eigenvalue weighted by Crippen LogP contribution is -2.47. The van der Waals surface area contributed by atoms with Crippen LogP contribution in [0.25, 0.3) is 0 Å². The molecule has 8 heteroatoms. The molecular weight excluding hydrogens is 280 g/mol. The van der Waals surface area contributed by atoms with E-state index in [0.717, 1.165) is 4.90 Å². The van der Waals surface area contributed by atoms with Gasteiger partial charge in [0.05, 0.1) is 19.2 Å².